The number of amides is 2. The Morgan fingerprint density at radius 2 is 1.77 bits per heavy atom. The van der Waals surface area contributed by atoms with Gasteiger partial charge < -0.3 is 24.4 Å². The first kappa shape index (κ1) is 18.3. The van der Waals surface area contributed by atoms with Gasteiger partial charge in [0.25, 0.3) is 0 Å². The molecule has 0 aliphatic carbocycles. The number of benzene rings is 2. The van der Waals surface area contributed by atoms with Crippen LogP contribution in [0.2, 0.25) is 0 Å². The van der Waals surface area contributed by atoms with Gasteiger partial charge in [-0.2, -0.15) is 0 Å². The zero-order valence-electron chi connectivity index (χ0n) is 15.0. The molecule has 2 aromatic rings. The summed E-state index contributed by atoms with van der Waals surface area (Å²) < 4.78 is 16.0. The van der Waals surface area contributed by atoms with Crippen molar-refractivity contribution in [2.45, 2.75) is 5.37 Å². The summed E-state index contributed by atoms with van der Waals surface area (Å²) in [7, 11) is 4.82. The third-order valence-corrected chi connectivity index (χ3v) is 5.42. The molecule has 1 aliphatic rings. The lowest BCUT2D eigenvalue weighted by molar-refractivity contribution is 0.214. The fourth-order valence-electron chi connectivity index (χ4n) is 2.86. The number of carbonyl (C=O) groups excluding carboxylic acids is 1. The van der Waals surface area contributed by atoms with Crippen LogP contribution in [-0.4, -0.2) is 44.6 Å². The summed E-state index contributed by atoms with van der Waals surface area (Å²) in [6.45, 7) is 0.663. The van der Waals surface area contributed by atoms with Gasteiger partial charge in [-0.1, -0.05) is 12.1 Å². The van der Waals surface area contributed by atoms with Crippen molar-refractivity contribution in [2.24, 2.45) is 0 Å². The highest BCUT2D eigenvalue weighted by Crippen LogP contribution is 2.41. The van der Waals surface area contributed by atoms with E-state index < -0.39 is 0 Å². The van der Waals surface area contributed by atoms with Crippen LogP contribution in [0, 0.1) is 0 Å². The predicted molar refractivity (Wildman–Crippen MR) is 103 cm³/mol. The number of carbonyl (C=O) groups is 1. The number of nitrogens with one attached hydrogen (secondary N) is 1. The molecule has 1 unspecified atom stereocenters. The Hall–Kier alpha value is -2.54. The average Bonchev–Trinajstić information content (AvgIpc) is 3.18. The minimum absolute atomic E-state index is 0.103. The zero-order chi connectivity index (χ0) is 18.5. The van der Waals surface area contributed by atoms with Crippen LogP contribution in [-0.2, 0) is 0 Å². The highest BCUT2D eigenvalue weighted by atomic mass is 32.2. The third-order valence-electron chi connectivity index (χ3n) is 4.16. The molecule has 0 radical (unpaired) electrons. The van der Waals surface area contributed by atoms with Crippen molar-refractivity contribution in [3.63, 3.8) is 0 Å². The molecule has 6 nitrogen and oxygen atoms in total. The molecule has 2 amide bonds. The molecule has 1 heterocycles. The Morgan fingerprint density at radius 1 is 1.08 bits per heavy atom. The smallest absolute Gasteiger partial charge is 0.323 e. The Labute approximate surface area is 157 Å². The molecule has 1 fully saturated rings. The fraction of sp³-hybridized carbons (Fsp3) is 0.316. The van der Waals surface area contributed by atoms with Crippen LogP contribution >= 0.6 is 11.8 Å². The Kier molecular flexibility index (Phi) is 5.78. The normalized spacial score (nSPS) is 16.3. The van der Waals surface area contributed by atoms with Gasteiger partial charge in [0.15, 0.2) is 0 Å². The summed E-state index contributed by atoms with van der Waals surface area (Å²) in [5.41, 5.74) is 1.62. The number of ether oxygens (including phenoxy) is 3. The third kappa shape index (κ3) is 3.83. The molecule has 1 saturated heterocycles. The Bertz CT molecular complexity index is 762. The predicted octanol–water partition coefficient (Wildman–Crippen LogP) is 3.99. The van der Waals surface area contributed by atoms with E-state index in [0.717, 1.165) is 11.3 Å². The number of thioether (sulfide) groups is 1. The van der Waals surface area contributed by atoms with Gasteiger partial charge in [0.1, 0.15) is 22.6 Å². The molecule has 3 rings (SSSR count). The van der Waals surface area contributed by atoms with Gasteiger partial charge in [0.2, 0.25) is 0 Å². The molecule has 26 heavy (non-hydrogen) atoms. The first-order valence-corrected chi connectivity index (χ1v) is 9.26. The minimum Gasteiger partial charge on any atom is -0.497 e. The van der Waals surface area contributed by atoms with Crippen molar-refractivity contribution in [1.29, 1.82) is 0 Å². The van der Waals surface area contributed by atoms with Crippen LogP contribution in [0.15, 0.2) is 42.5 Å². The van der Waals surface area contributed by atoms with E-state index in [1.807, 2.05) is 47.4 Å². The molecule has 0 spiro atoms. The maximum atomic E-state index is 12.9. The molecule has 1 atom stereocenters. The quantitative estimate of drug-likeness (QED) is 0.857. The molecule has 0 aromatic heterocycles. The highest BCUT2D eigenvalue weighted by Gasteiger charge is 2.31. The second kappa shape index (κ2) is 8.23. The van der Waals surface area contributed by atoms with Gasteiger partial charge in [0.05, 0.1) is 27.0 Å². The van der Waals surface area contributed by atoms with E-state index in [0.29, 0.717) is 29.5 Å². The Balaban J connectivity index is 1.83. The summed E-state index contributed by atoms with van der Waals surface area (Å²) in [5.74, 6) is 2.91. The molecule has 1 N–H and O–H groups in total. The van der Waals surface area contributed by atoms with Crippen LogP contribution in [0.4, 0.5) is 10.5 Å². The molecule has 0 bridgehead atoms. The van der Waals surface area contributed by atoms with Crippen molar-refractivity contribution in [1.82, 2.24) is 4.90 Å². The second-order valence-electron chi connectivity index (χ2n) is 5.69. The summed E-state index contributed by atoms with van der Waals surface area (Å²) in [6, 6.07) is 12.9. The second-order valence-corrected chi connectivity index (χ2v) is 6.88. The monoisotopic (exact) mass is 374 g/mol. The number of nitrogens with zero attached hydrogens (tertiary/aromatic N) is 1. The first-order chi connectivity index (χ1) is 12.7. The van der Waals surface area contributed by atoms with Crippen LogP contribution in [0.3, 0.4) is 0 Å². The molecule has 7 heteroatoms. The minimum atomic E-state index is -0.161. The highest BCUT2D eigenvalue weighted by molar-refractivity contribution is 7.99. The van der Waals surface area contributed by atoms with E-state index in [1.54, 1.807) is 33.1 Å². The standard InChI is InChI=1S/C19H22N2O4S/c1-23-14-10-13(11-15(12-14)24-2)18-21(8-9-26-18)19(22)20-16-6-4-5-7-17(16)25-3/h4-7,10-12,18H,8-9H2,1-3H3,(H,20,22). The summed E-state index contributed by atoms with van der Waals surface area (Å²) >= 11 is 1.71. The van der Waals surface area contributed by atoms with Gasteiger partial charge in [-0.3, -0.25) is 0 Å². The van der Waals surface area contributed by atoms with Crippen LogP contribution in [0.5, 0.6) is 17.2 Å². The number of rotatable bonds is 5. The van der Waals surface area contributed by atoms with Crippen LogP contribution < -0.4 is 19.5 Å². The molecule has 0 saturated carbocycles. The summed E-state index contributed by atoms with van der Waals surface area (Å²) in [5, 5.41) is 2.84. The molecular weight excluding hydrogens is 352 g/mol. The van der Waals surface area contributed by atoms with E-state index >= 15 is 0 Å². The number of para-hydroxylation sites is 2. The number of methoxy groups -OCH3 is 3. The lowest BCUT2D eigenvalue weighted by Gasteiger charge is -2.25. The molecule has 1 aliphatic heterocycles. The van der Waals surface area contributed by atoms with E-state index in [2.05, 4.69) is 5.32 Å². The number of hydrogen-bond donors (Lipinski definition) is 1. The van der Waals surface area contributed by atoms with Gasteiger partial charge in [0, 0.05) is 18.4 Å². The van der Waals surface area contributed by atoms with Gasteiger partial charge in [-0.05, 0) is 29.8 Å². The number of anilines is 1. The number of hydrogen-bond acceptors (Lipinski definition) is 5. The van der Waals surface area contributed by atoms with Crippen molar-refractivity contribution in [3.05, 3.63) is 48.0 Å². The van der Waals surface area contributed by atoms with E-state index in [9.17, 15) is 4.79 Å². The molecule has 138 valence electrons. The van der Waals surface area contributed by atoms with Gasteiger partial charge >= 0.3 is 6.03 Å². The molecule has 2 aromatic carbocycles. The van der Waals surface area contributed by atoms with Crippen molar-refractivity contribution < 1.29 is 19.0 Å². The average molecular weight is 374 g/mol. The van der Waals surface area contributed by atoms with Crippen molar-refractivity contribution in [2.75, 3.05) is 38.9 Å². The number of urea groups is 1. The lowest BCUT2D eigenvalue weighted by Crippen LogP contribution is -2.34. The molecular formula is C19H22N2O4S. The largest absolute Gasteiger partial charge is 0.497 e. The summed E-state index contributed by atoms with van der Waals surface area (Å²) in [4.78, 5) is 14.7. The SMILES string of the molecule is COc1cc(OC)cc(C2SCCN2C(=O)Nc2ccccc2OC)c1. The zero-order valence-corrected chi connectivity index (χ0v) is 15.8. The maximum Gasteiger partial charge on any atom is 0.323 e. The first-order valence-electron chi connectivity index (χ1n) is 8.21. The maximum absolute atomic E-state index is 12.9. The Morgan fingerprint density at radius 3 is 2.42 bits per heavy atom. The van der Waals surface area contributed by atoms with Crippen LogP contribution in [0.25, 0.3) is 0 Å². The lowest BCUT2D eigenvalue weighted by atomic mass is 10.2. The van der Waals surface area contributed by atoms with E-state index in [-0.39, 0.29) is 11.4 Å². The van der Waals surface area contributed by atoms with E-state index in [4.69, 9.17) is 14.2 Å². The van der Waals surface area contributed by atoms with Crippen LogP contribution in [0.1, 0.15) is 10.9 Å². The van der Waals surface area contributed by atoms with Gasteiger partial charge in [-0.15, -0.1) is 11.8 Å². The van der Waals surface area contributed by atoms with Crippen molar-refractivity contribution in [3.8, 4) is 17.2 Å². The van der Waals surface area contributed by atoms with Crippen molar-refractivity contribution >= 4 is 23.5 Å². The van der Waals surface area contributed by atoms with Gasteiger partial charge in [-0.25, -0.2) is 4.79 Å². The fourth-order valence-corrected chi connectivity index (χ4v) is 4.10. The van der Waals surface area contributed by atoms with E-state index in [1.165, 1.54) is 0 Å². The summed E-state index contributed by atoms with van der Waals surface area (Å²) in [6.07, 6.45) is 0. The topological polar surface area (TPSA) is 60.0 Å².